The molecule has 3 rings (SSSR count). The second kappa shape index (κ2) is 7.38. The summed E-state index contributed by atoms with van der Waals surface area (Å²) in [5, 5.41) is 0.281. The summed E-state index contributed by atoms with van der Waals surface area (Å²) in [6, 6.07) is 9.83. The quantitative estimate of drug-likeness (QED) is 0.660. The molecule has 3 aromatic rings. The summed E-state index contributed by atoms with van der Waals surface area (Å²) in [5.74, 6) is 1.51. The smallest absolute Gasteiger partial charge is 0.263 e. The van der Waals surface area contributed by atoms with E-state index in [0.29, 0.717) is 23.6 Å². The molecule has 1 N–H and O–H groups in total. The Balaban J connectivity index is 1.90. The van der Waals surface area contributed by atoms with Crippen LogP contribution in [-0.2, 0) is 10.0 Å². The van der Waals surface area contributed by atoms with E-state index in [2.05, 4.69) is 9.71 Å². The molecule has 2 aromatic carbocycles. The summed E-state index contributed by atoms with van der Waals surface area (Å²) in [6.45, 7) is 2.46. The third-order valence-electron chi connectivity index (χ3n) is 3.56. The van der Waals surface area contributed by atoms with Crippen molar-refractivity contribution in [2.24, 2.45) is 0 Å². The Hall–Kier alpha value is -2.52. The molecule has 9 heteroatoms. The van der Waals surface area contributed by atoms with Crippen LogP contribution in [0.3, 0.4) is 0 Å². The van der Waals surface area contributed by atoms with Gasteiger partial charge in [-0.25, -0.2) is 13.4 Å². The first-order valence-electron chi connectivity index (χ1n) is 7.75. The summed E-state index contributed by atoms with van der Waals surface area (Å²) in [6.07, 6.45) is 0. The average molecular weight is 394 g/mol. The Labute approximate surface area is 155 Å². The van der Waals surface area contributed by atoms with Crippen LogP contribution in [0.25, 0.3) is 10.2 Å². The minimum atomic E-state index is -3.81. The second-order valence-electron chi connectivity index (χ2n) is 5.20. The molecule has 26 heavy (non-hydrogen) atoms. The van der Waals surface area contributed by atoms with Crippen molar-refractivity contribution in [3.05, 3.63) is 36.4 Å². The number of ether oxygens (including phenoxy) is 3. The molecule has 0 bridgehead atoms. The van der Waals surface area contributed by atoms with E-state index in [0.717, 1.165) is 10.4 Å². The fourth-order valence-electron chi connectivity index (χ4n) is 2.36. The van der Waals surface area contributed by atoms with Crippen LogP contribution in [0.5, 0.6) is 17.2 Å². The van der Waals surface area contributed by atoms with Crippen LogP contribution >= 0.6 is 11.3 Å². The molecule has 0 saturated carbocycles. The predicted molar refractivity (Wildman–Crippen MR) is 101 cm³/mol. The first kappa shape index (κ1) is 18.3. The Bertz CT molecular complexity index is 1030. The van der Waals surface area contributed by atoms with E-state index in [1.54, 1.807) is 18.2 Å². The number of hydrogen-bond acceptors (Lipinski definition) is 7. The molecular formula is C17H18N2O5S2. The molecule has 1 aromatic heterocycles. The van der Waals surface area contributed by atoms with E-state index in [9.17, 15) is 8.42 Å². The number of sulfonamides is 1. The zero-order chi connectivity index (χ0) is 18.7. The molecule has 7 nitrogen and oxygen atoms in total. The maximum absolute atomic E-state index is 12.7. The number of hydrogen-bond donors (Lipinski definition) is 1. The maximum atomic E-state index is 12.7. The number of aromatic nitrogens is 1. The lowest BCUT2D eigenvalue weighted by Crippen LogP contribution is -2.13. The van der Waals surface area contributed by atoms with Gasteiger partial charge in [0.05, 0.1) is 35.9 Å². The van der Waals surface area contributed by atoms with Crippen molar-refractivity contribution in [1.29, 1.82) is 0 Å². The Morgan fingerprint density at radius 3 is 2.54 bits per heavy atom. The standard InChI is InChI=1S/C17H18N2O5S2/c1-4-24-11-5-7-13-16(9-11)25-17(18-13)19-26(20,21)12-6-8-14(22-2)15(10-12)23-3/h5-10H,4H2,1-3H3,(H,18,19). The monoisotopic (exact) mass is 394 g/mol. The van der Waals surface area contributed by atoms with Crippen LogP contribution in [0.15, 0.2) is 41.3 Å². The van der Waals surface area contributed by atoms with Gasteiger partial charge in [-0.2, -0.15) is 0 Å². The van der Waals surface area contributed by atoms with Crippen LogP contribution in [0.4, 0.5) is 5.13 Å². The van der Waals surface area contributed by atoms with E-state index < -0.39 is 10.0 Å². The highest BCUT2D eigenvalue weighted by atomic mass is 32.2. The summed E-state index contributed by atoms with van der Waals surface area (Å²) in [5.41, 5.74) is 0.698. The summed E-state index contributed by atoms with van der Waals surface area (Å²) in [4.78, 5) is 4.38. The van der Waals surface area contributed by atoms with E-state index in [-0.39, 0.29) is 10.0 Å². The minimum Gasteiger partial charge on any atom is -0.494 e. The molecular weight excluding hydrogens is 376 g/mol. The van der Waals surface area contributed by atoms with Gasteiger partial charge in [-0.15, -0.1) is 0 Å². The van der Waals surface area contributed by atoms with Crippen LogP contribution in [0.1, 0.15) is 6.92 Å². The summed E-state index contributed by atoms with van der Waals surface area (Å²) in [7, 11) is -0.870. The number of anilines is 1. The van der Waals surface area contributed by atoms with Gasteiger partial charge in [0.2, 0.25) is 0 Å². The second-order valence-corrected chi connectivity index (χ2v) is 7.92. The van der Waals surface area contributed by atoms with Gasteiger partial charge >= 0.3 is 0 Å². The normalized spacial score (nSPS) is 11.3. The first-order valence-corrected chi connectivity index (χ1v) is 10.0. The highest BCUT2D eigenvalue weighted by Crippen LogP contribution is 2.33. The lowest BCUT2D eigenvalue weighted by atomic mass is 10.3. The van der Waals surface area contributed by atoms with Crippen LogP contribution in [0, 0.1) is 0 Å². The minimum absolute atomic E-state index is 0.0596. The Morgan fingerprint density at radius 1 is 1.08 bits per heavy atom. The SMILES string of the molecule is CCOc1ccc2nc(NS(=O)(=O)c3ccc(OC)c(OC)c3)sc2c1. The number of nitrogens with zero attached hydrogens (tertiary/aromatic N) is 1. The fraction of sp³-hybridized carbons (Fsp3) is 0.235. The number of thiazole rings is 1. The van der Waals surface area contributed by atoms with Gasteiger partial charge < -0.3 is 14.2 Å². The van der Waals surface area contributed by atoms with Crippen LogP contribution in [0.2, 0.25) is 0 Å². The highest BCUT2D eigenvalue weighted by molar-refractivity contribution is 7.93. The summed E-state index contributed by atoms with van der Waals surface area (Å²) < 4.78 is 44.4. The molecule has 0 aliphatic rings. The van der Waals surface area contributed by atoms with Gasteiger partial charge in [0.1, 0.15) is 5.75 Å². The largest absolute Gasteiger partial charge is 0.494 e. The van der Waals surface area contributed by atoms with Crippen molar-refractivity contribution in [3.63, 3.8) is 0 Å². The van der Waals surface area contributed by atoms with Crippen molar-refractivity contribution in [1.82, 2.24) is 4.98 Å². The van der Waals surface area contributed by atoms with Crippen LogP contribution in [-0.4, -0.2) is 34.2 Å². The Morgan fingerprint density at radius 2 is 1.85 bits per heavy atom. The number of fused-ring (bicyclic) bond motifs is 1. The van der Waals surface area contributed by atoms with E-state index in [4.69, 9.17) is 14.2 Å². The van der Waals surface area contributed by atoms with Gasteiger partial charge in [-0.1, -0.05) is 11.3 Å². The van der Waals surface area contributed by atoms with Crippen molar-refractivity contribution in [3.8, 4) is 17.2 Å². The van der Waals surface area contributed by atoms with Gasteiger partial charge in [-0.3, -0.25) is 4.72 Å². The van der Waals surface area contributed by atoms with Gasteiger partial charge in [-0.05, 0) is 37.3 Å². The lowest BCUT2D eigenvalue weighted by Gasteiger charge is -2.10. The van der Waals surface area contributed by atoms with Crippen LogP contribution < -0.4 is 18.9 Å². The molecule has 138 valence electrons. The van der Waals surface area contributed by atoms with Gasteiger partial charge in [0.25, 0.3) is 10.0 Å². The fourth-order valence-corrected chi connectivity index (χ4v) is 4.51. The van der Waals surface area contributed by atoms with E-state index in [1.807, 2.05) is 13.0 Å². The molecule has 0 unspecified atom stereocenters. The van der Waals surface area contributed by atoms with E-state index >= 15 is 0 Å². The molecule has 1 heterocycles. The Kier molecular flexibility index (Phi) is 5.19. The molecule has 0 atom stereocenters. The van der Waals surface area contributed by atoms with Crippen molar-refractivity contribution >= 4 is 36.7 Å². The topological polar surface area (TPSA) is 86.8 Å². The van der Waals surface area contributed by atoms with E-state index in [1.165, 1.54) is 37.7 Å². The molecule has 0 radical (unpaired) electrons. The summed E-state index contributed by atoms with van der Waals surface area (Å²) >= 11 is 1.24. The first-order chi connectivity index (χ1) is 12.5. The number of methoxy groups -OCH3 is 2. The molecule has 0 spiro atoms. The number of rotatable bonds is 7. The zero-order valence-electron chi connectivity index (χ0n) is 14.5. The third kappa shape index (κ3) is 3.68. The van der Waals surface area contributed by atoms with Crippen molar-refractivity contribution in [2.75, 3.05) is 25.5 Å². The average Bonchev–Trinajstić information content (AvgIpc) is 3.02. The van der Waals surface area contributed by atoms with Gasteiger partial charge in [0, 0.05) is 6.07 Å². The highest BCUT2D eigenvalue weighted by Gasteiger charge is 2.19. The molecule has 0 fully saturated rings. The third-order valence-corrected chi connectivity index (χ3v) is 5.96. The number of nitrogens with one attached hydrogen (secondary N) is 1. The van der Waals surface area contributed by atoms with Crippen molar-refractivity contribution < 1.29 is 22.6 Å². The molecule has 0 amide bonds. The predicted octanol–water partition coefficient (Wildman–Crippen LogP) is 3.51. The number of benzene rings is 2. The van der Waals surface area contributed by atoms with Gasteiger partial charge in [0.15, 0.2) is 16.6 Å². The maximum Gasteiger partial charge on any atom is 0.263 e. The molecule has 0 aliphatic carbocycles. The zero-order valence-corrected chi connectivity index (χ0v) is 16.1. The molecule has 0 saturated heterocycles. The lowest BCUT2D eigenvalue weighted by molar-refractivity contribution is 0.341. The molecule has 0 aliphatic heterocycles. The van der Waals surface area contributed by atoms with Crippen molar-refractivity contribution in [2.45, 2.75) is 11.8 Å².